The summed E-state index contributed by atoms with van der Waals surface area (Å²) in [6.45, 7) is 5.45. The molecule has 1 aromatic heterocycles. The molecule has 0 unspecified atom stereocenters. The highest BCUT2D eigenvalue weighted by Crippen LogP contribution is 2.37. The maximum Gasteiger partial charge on any atom is 0.419 e. The Kier molecular flexibility index (Phi) is 11.3. The Morgan fingerprint density at radius 2 is 1.84 bits per heavy atom. The van der Waals surface area contributed by atoms with E-state index >= 15 is 0 Å². The molecule has 2 fully saturated rings. The van der Waals surface area contributed by atoms with Crippen LogP contribution in [-0.4, -0.2) is 85.6 Å². The number of carbonyl (C=O) groups excluding carboxylic acids is 1. The van der Waals surface area contributed by atoms with Crippen molar-refractivity contribution in [2.75, 3.05) is 45.4 Å². The van der Waals surface area contributed by atoms with Crippen LogP contribution in [0.5, 0.6) is 5.75 Å². The molecule has 250 valence electrons. The lowest BCUT2D eigenvalue weighted by Gasteiger charge is -2.37. The van der Waals surface area contributed by atoms with Gasteiger partial charge in [0.05, 0.1) is 29.8 Å². The number of alkyl halides is 3. The molecule has 4 rings (SSSR count). The minimum atomic E-state index is -4.69. The van der Waals surface area contributed by atoms with Crippen LogP contribution in [0.2, 0.25) is 0 Å². The van der Waals surface area contributed by atoms with Gasteiger partial charge < -0.3 is 20.3 Å². The van der Waals surface area contributed by atoms with Crippen LogP contribution >= 0.6 is 0 Å². The van der Waals surface area contributed by atoms with Crippen LogP contribution in [0.15, 0.2) is 24.4 Å². The van der Waals surface area contributed by atoms with Crippen molar-refractivity contribution in [2.24, 2.45) is 11.8 Å². The molecule has 2 N–H and O–H groups in total. The van der Waals surface area contributed by atoms with Gasteiger partial charge in [0.15, 0.2) is 0 Å². The zero-order chi connectivity index (χ0) is 32.9. The van der Waals surface area contributed by atoms with Crippen molar-refractivity contribution < 1.29 is 31.1 Å². The topological polar surface area (TPSA) is 117 Å². The van der Waals surface area contributed by atoms with Crippen molar-refractivity contribution in [3.05, 3.63) is 41.2 Å². The molecule has 1 amide bonds. The second kappa shape index (κ2) is 14.6. The predicted molar refractivity (Wildman–Crippen MR) is 167 cm³/mol. The summed E-state index contributed by atoms with van der Waals surface area (Å²) >= 11 is 0. The highest BCUT2D eigenvalue weighted by atomic mass is 32.2. The summed E-state index contributed by atoms with van der Waals surface area (Å²) in [6, 6.07) is 4.44. The lowest BCUT2D eigenvalue weighted by molar-refractivity contribution is -0.138. The van der Waals surface area contributed by atoms with E-state index in [0.717, 1.165) is 45.0 Å². The number of sulfonamides is 1. The number of aromatic nitrogens is 2. The molecular formula is C31H45F3N6O4S. The molecule has 1 aliphatic carbocycles. The number of amides is 1. The lowest BCUT2D eigenvalue weighted by atomic mass is 9.81. The summed E-state index contributed by atoms with van der Waals surface area (Å²) in [5.74, 6) is -0.432. The molecule has 2 aromatic rings. The molecule has 0 radical (unpaired) electrons. The minimum absolute atomic E-state index is 0.0252. The van der Waals surface area contributed by atoms with Crippen molar-refractivity contribution in [2.45, 2.75) is 77.1 Å². The summed E-state index contributed by atoms with van der Waals surface area (Å²) in [4.78, 5) is 23.4. The first-order valence-corrected chi connectivity index (χ1v) is 17.1. The van der Waals surface area contributed by atoms with E-state index in [9.17, 15) is 26.4 Å². The van der Waals surface area contributed by atoms with Gasteiger partial charge >= 0.3 is 6.18 Å². The molecule has 2 atom stereocenters. The second-order valence-electron chi connectivity index (χ2n) is 12.6. The van der Waals surface area contributed by atoms with E-state index in [1.807, 2.05) is 20.9 Å². The van der Waals surface area contributed by atoms with Crippen LogP contribution in [0.4, 0.5) is 24.8 Å². The summed E-state index contributed by atoms with van der Waals surface area (Å²) < 4.78 is 75.2. The van der Waals surface area contributed by atoms with Gasteiger partial charge in [0.2, 0.25) is 16.0 Å². The number of likely N-dealkylation sites (tertiary alicyclic amines) is 1. The SMILES string of the molecule is COc1cc(C(=O)NC2CCN(C)CC2)ccc1Nc1ncc(C(F)(F)F)c(C[C@@H]2CCCC[C@H]2N(C)S(=O)(=O)CC(C)C)n1. The Hall–Kier alpha value is -2.97. The number of piperidine rings is 1. The standard InChI is InChI=1S/C31H45F3N6O4S/c1-20(2)19-45(42,43)40(4)27-9-7-6-8-21(27)16-26-24(31(32,33)34)18-35-30(38-26)37-25-11-10-22(17-28(25)44-5)29(41)36-23-12-14-39(3)15-13-23/h10-11,17-18,20-21,23,27H,6-9,12-16,19H2,1-5H3,(H,36,41)(H,35,37,38)/t21-,27+/m0/s1. The monoisotopic (exact) mass is 654 g/mol. The first-order chi connectivity index (χ1) is 21.2. The van der Waals surface area contributed by atoms with Crippen molar-refractivity contribution in [3.8, 4) is 5.75 Å². The minimum Gasteiger partial charge on any atom is -0.495 e. The van der Waals surface area contributed by atoms with Crippen LogP contribution in [0, 0.1) is 11.8 Å². The van der Waals surface area contributed by atoms with Gasteiger partial charge in [-0.3, -0.25) is 4.79 Å². The third-order valence-electron chi connectivity index (χ3n) is 8.71. The Balaban J connectivity index is 1.56. The smallest absolute Gasteiger partial charge is 0.419 e. The average molecular weight is 655 g/mol. The number of nitrogens with zero attached hydrogens (tertiary/aromatic N) is 4. The first-order valence-electron chi connectivity index (χ1n) is 15.5. The van der Waals surface area contributed by atoms with Gasteiger partial charge in [-0.05, 0) is 82.3 Å². The van der Waals surface area contributed by atoms with Crippen LogP contribution in [0.3, 0.4) is 0 Å². The third-order valence-corrected chi connectivity index (χ3v) is 10.9. The Morgan fingerprint density at radius 1 is 1.16 bits per heavy atom. The van der Waals surface area contributed by atoms with E-state index in [1.54, 1.807) is 18.2 Å². The van der Waals surface area contributed by atoms with Crippen LogP contribution < -0.4 is 15.4 Å². The first kappa shape index (κ1) is 34.9. The number of carbonyl (C=O) groups is 1. The molecule has 45 heavy (non-hydrogen) atoms. The zero-order valence-electron chi connectivity index (χ0n) is 26.7. The maximum atomic E-state index is 14.1. The van der Waals surface area contributed by atoms with E-state index in [0.29, 0.717) is 29.8 Å². The fourth-order valence-corrected chi connectivity index (χ4v) is 8.01. The van der Waals surface area contributed by atoms with E-state index in [2.05, 4.69) is 25.5 Å². The van der Waals surface area contributed by atoms with Crippen molar-refractivity contribution >= 4 is 27.6 Å². The van der Waals surface area contributed by atoms with Gasteiger partial charge in [-0.15, -0.1) is 0 Å². The Labute approximate surface area is 264 Å². The van der Waals surface area contributed by atoms with Gasteiger partial charge in [0.1, 0.15) is 5.75 Å². The van der Waals surface area contributed by atoms with Crippen LogP contribution in [0.1, 0.15) is 74.0 Å². The van der Waals surface area contributed by atoms with Gasteiger partial charge in [0.25, 0.3) is 5.91 Å². The van der Waals surface area contributed by atoms with Crippen molar-refractivity contribution in [1.29, 1.82) is 0 Å². The summed E-state index contributed by atoms with van der Waals surface area (Å²) in [5.41, 5.74) is -0.364. The highest BCUT2D eigenvalue weighted by Gasteiger charge is 2.39. The van der Waals surface area contributed by atoms with E-state index in [1.165, 1.54) is 18.5 Å². The van der Waals surface area contributed by atoms with Gasteiger partial charge in [-0.25, -0.2) is 22.7 Å². The molecule has 2 heterocycles. The van der Waals surface area contributed by atoms with Gasteiger partial charge in [-0.2, -0.15) is 13.2 Å². The Bertz CT molecular complexity index is 1430. The molecule has 1 aliphatic heterocycles. The average Bonchev–Trinajstić information content (AvgIpc) is 2.97. The number of hydrogen-bond acceptors (Lipinski definition) is 8. The predicted octanol–water partition coefficient (Wildman–Crippen LogP) is 5.09. The molecule has 0 bridgehead atoms. The largest absolute Gasteiger partial charge is 0.495 e. The van der Waals surface area contributed by atoms with E-state index in [4.69, 9.17) is 4.74 Å². The van der Waals surface area contributed by atoms with E-state index in [-0.39, 0.29) is 47.6 Å². The molecule has 10 nitrogen and oxygen atoms in total. The second-order valence-corrected chi connectivity index (χ2v) is 14.7. The number of anilines is 2. The third kappa shape index (κ3) is 9.07. The quantitative estimate of drug-likeness (QED) is 0.344. The van der Waals surface area contributed by atoms with Crippen LogP contribution in [-0.2, 0) is 22.6 Å². The number of rotatable bonds is 11. The molecular weight excluding hydrogens is 609 g/mol. The molecule has 0 spiro atoms. The summed E-state index contributed by atoms with van der Waals surface area (Å²) in [7, 11) is 1.43. The highest BCUT2D eigenvalue weighted by molar-refractivity contribution is 7.89. The normalized spacial score (nSPS) is 20.4. The zero-order valence-corrected chi connectivity index (χ0v) is 27.5. The Morgan fingerprint density at radius 3 is 2.49 bits per heavy atom. The molecule has 1 saturated heterocycles. The number of methoxy groups -OCH3 is 1. The summed E-state index contributed by atoms with van der Waals surface area (Å²) in [6.07, 6.45) is 0.507. The fraction of sp³-hybridized carbons (Fsp3) is 0.645. The van der Waals surface area contributed by atoms with Crippen molar-refractivity contribution in [1.82, 2.24) is 24.5 Å². The molecule has 1 aromatic carbocycles. The number of ether oxygens (including phenoxy) is 1. The number of hydrogen-bond donors (Lipinski definition) is 2. The van der Waals surface area contributed by atoms with E-state index < -0.39 is 27.8 Å². The summed E-state index contributed by atoms with van der Waals surface area (Å²) in [5, 5.41) is 6.01. The lowest BCUT2D eigenvalue weighted by Crippen LogP contribution is -2.45. The molecule has 2 aliphatic rings. The van der Waals surface area contributed by atoms with Crippen molar-refractivity contribution in [3.63, 3.8) is 0 Å². The number of benzene rings is 1. The fourth-order valence-electron chi connectivity index (χ4n) is 6.25. The van der Waals surface area contributed by atoms with Gasteiger partial charge in [0, 0.05) is 30.9 Å². The molecule has 1 saturated carbocycles. The van der Waals surface area contributed by atoms with Gasteiger partial charge in [-0.1, -0.05) is 26.7 Å². The number of halogens is 3. The van der Waals surface area contributed by atoms with Crippen LogP contribution in [0.25, 0.3) is 0 Å². The molecule has 14 heteroatoms. The maximum absolute atomic E-state index is 14.1. The number of nitrogens with one attached hydrogen (secondary N) is 2.